The Hall–Kier alpha value is -0.790. The van der Waals surface area contributed by atoms with E-state index < -0.39 is 0 Å². The van der Waals surface area contributed by atoms with Gasteiger partial charge in [0.1, 0.15) is 0 Å². The van der Waals surface area contributed by atoms with Gasteiger partial charge in [0.05, 0.1) is 6.61 Å². The Kier molecular flexibility index (Phi) is 14.0. The summed E-state index contributed by atoms with van der Waals surface area (Å²) in [6.07, 6.45) is 16.3. The van der Waals surface area contributed by atoms with E-state index in [1.165, 1.54) is 64.2 Å². The molecule has 2 nitrogen and oxygen atoms in total. The van der Waals surface area contributed by atoms with E-state index in [-0.39, 0.29) is 5.97 Å². The van der Waals surface area contributed by atoms with Crippen LogP contribution in [0.4, 0.5) is 0 Å². The molecular weight excluding hydrogens is 248 g/mol. The Bertz CT molecular complexity index is 256. The van der Waals surface area contributed by atoms with Gasteiger partial charge in [-0.25, -0.2) is 4.79 Å². The first kappa shape index (κ1) is 19.2. The van der Waals surface area contributed by atoms with Crippen molar-refractivity contribution in [1.29, 1.82) is 0 Å². The molecule has 0 fully saturated rings. The number of hydrogen-bond acceptors (Lipinski definition) is 2. The maximum Gasteiger partial charge on any atom is 0.333 e. The van der Waals surface area contributed by atoms with E-state index >= 15 is 0 Å². The third-order valence-electron chi connectivity index (χ3n) is 3.74. The maximum absolute atomic E-state index is 11.4. The molecule has 0 aliphatic rings. The third kappa shape index (κ3) is 12.3. The number of esters is 1. The van der Waals surface area contributed by atoms with E-state index in [9.17, 15) is 4.79 Å². The molecule has 0 saturated heterocycles. The van der Waals surface area contributed by atoms with Crippen molar-refractivity contribution in [2.45, 2.75) is 91.4 Å². The minimum absolute atomic E-state index is 0.167. The van der Waals surface area contributed by atoms with Crippen LogP contribution in [0.3, 0.4) is 0 Å². The smallest absolute Gasteiger partial charge is 0.333 e. The van der Waals surface area contributed by atoms with Gasteiger partial charge in [-0.1, -0.05) is 77.2 Å². The van der Waals surface area contributed by atoms with Crippen molar-refractivity contribution < 1.29 is 9.53 Å². The number of hydrogen-bond donors (Lipinski definition) is 0. The highest BCUT2D eigenvalue weighted by Gasteiger charge is 2.03. The second-order valence-corrected chi connectivity index (χ2v) is 5.64. The van der Waals surface area contributed by atoms with Crippen molar-refractivity contribution in [1.82, 2.24) is 0 Å². The highest BCUT2D eigenvalue weighted by molar-refractivity contribution is 5.87. The van der Waals surface area contributed by atoms with Gasteiger partial charge in [-0.2, -0.15) is 0 Å². The molecule has 0 rings (SSSR count). The van der Waals surface area contributed by atoms with Gasteiger partial charge in [0.2, 0.25) is 0 Å². The zero-order valence-corrected chi connectivity index (χ0v) is 13.9. The summed E-state index contributed by atoms with van der Waals surface area (Å²) in [4.78, 5) is 11.4. The fourth-order valence-electron chi connectivity index (χ4n) is 2.16. The summed E-state index contributed by atoms with van der Waals surface area (Å²) >= 11 is 0. The molecule has 0 heterocycles. The first-order valence-electron chi connectivity index (χ1n) is 8.52. The molecule has 0 aromatic rings. The third-order valence-corrected chi connectivity index (χ3v) is 3.74. The summed E-state index contributed by atoms with van der Waals surface area (Å²) in [7, 11) is 0. The standard InChI is InChI=1S/C18H34O2/c1-4-6-7-8-9-10-11-12-13-14-15-16-20-18(19)17(3)5-2/h5H,4,6-16H2,1-3H3. The second kappa shape index (κ2) is 14.6. The quantitative estimate of drug-likeness (QED) is 0.242. The molecule has 0 aromatic heterocycles. The highest BCUT2D eigenvalue weighted by Crippen LogP contribution is 2.11. The summed E-state index contributed by atoms with van der Waals surface area (Å²) < 4.78 is 5.17. The average molecular weight is 282 g/mol. The molecule has 0 aliphatic heterocycles. The number of unbranched alkanes of at least 4 members (excludes halogenated alkanes) is 10. The normalized spacial score (nSPS) is 11.7. The van der Waals surface area contributed by atoms with E-state index in [0.29, 0.717) is 12.2 Å². The Morgan fingerprint density at radius 3 is 1.75 bits per heavy atom. The minimum Gasteiger partial charge on any atom is -0.462 e. The number of carbonyl (C=O) groups excluding carboxylic acids is 1. The summed E-state index contributed by atoms with van der Waals surface area (Å²) in [5.74, 6) is -0.167. The Morgan fingerprint density at radius 1 is 0.850 bits per heavy atom. The average Bonchev–Trinajstić information content (AvgIpc) is 2.47. The van der Waals surface area contributed by atoms with Crippen molar-refractivity contribution in [2.24, 2.45) is 0 Å². The molecule has 20 heavy (non-hydrogen) atoms. The summed E-state index contributed by atoms with van der Waals surface area (Å²) in [6.45, 7) is 6.49. The van der Waals surface area contributed by atoms with E-state index in [4.69, 9.17) is 4.74 Å². The molecule has 0 bridgehead atoms. The van der Waals surface area contributed by atoms with Crippen LogP contribution in [-0.2, 0) is 9.53 Å². The van der Waals surface area contributed by atoms with Crippen LogP contribution in [0, 0.1) is 0 Å². The molecule has 0 saturated carbocycles. The lowest BCUT2D eigenvalue weighted by atomic mass is 10.1. The molecular formula is C18H34O2. The summed E-state index contributed by atoms with van der Waals surface area (Å²) in [5, 5.41) is 0. The highest BCUT2D eigenvalue weighted by atomic mass is 16.5. The van der Waals surface area contributed by atoms with Gasteiger partial charge < -0.3 is 4.74 Å². The zero-order valence-electron chi connectivity index (χ0n) is 13.9. The molecule has 0 spiro atoms. The van der Waals surface area contributed by atoms with Gasteiger partial charge in [-0.05, 0) is 20.3 Å². The van der Waals surface area contributed by atoms with Crippen molar-refractivity contribution in [3.63, 3.8) is 0 Å². The lowest BCUT2D eigenvalue weighted by Crippen LogP contribution is -2.06. The van der Waals surface area contributed by atoms with Crippen LogP contribution >= 0.6 is 0 Å². The Morgan fingerprint density at radius 2 is 1.30 bits per heavy atom. The lowest BCUT2D eigenvalue weighted by Gasteiger charge is -2.05. The molecule has 0 amide bonds. The second-order valence-electron chi connectivity index (χ2n) is 5.64. The fourth-order valence-corrected chi connectivity index (χ4v) is 2.16. The Labute approximate surface area is 126 Å². The Balaban J connectivity index is 3.15. The van der Waals surface area contributed by atoms with Crippen LogP contribution in [0.25, 0.3) is 0 Å². The molecule has 0 aliphatic carbocycles. The molecule has 0 radical (unpaired) electrons. The van der Waals surface area contributed by atoms with Crippen molar-refractivity contribution >= 4 is 5.97 Å². The van der Waals surface area contributed by atoms with E-state index in [0.717, 1.165) is 6.42 Å². The van der Waals surface area contributed by atoms with Gasteiger partial charge in [0.25, 0.3) is 0 Å². The summed E-state index contributed by atoms with van der Waals surface area (Å²) in [6, 6.07) is 0. The molecule has 0 atom stereocenters. The number of ether oxygens (including phenoxy) is 1. The van der Waals surface area contributed by atoms with Crippen LogP contribution in [-0.4, -0.2) is 12.6 Å². The van der Waals surface area contributed by atoms with Crippen molar-refractivity contribution in [3.05, 3.63) is 11.6 Å². The lowest BCUT2D eigenvalue weighted by molar-refractivity contribution is -0.139. The van der Waals surface area contributed by atoms with Gasteiger partial charge >= 0.3 is 5.97 Å². The van der Waals surface area contributed by atoms with E-state index in [1.54, 1.807) is 13.0 Å². The van der Waals surface area contributed by atoms with Crippen LogP contribution in [0.15, 0.2) is 11.6 Å². The monoisotopic (exact) mass is 282 g/mol. The fraction of sp³-hybridized carbons (Fsp3) is 0.833. The SMILES string of the molecule is CC=C(C)C(=O)OCCCCCCCCCCCCC. The van der Waals surface area contributed by atoms with Gasteiger partial charge in [0.15, 0.2) is 0 Å². The molecule has 2 heteroatoms. The van der Waals surface area contributed by atoms with Crippen LogP contribution in [0.5, 0.6) is 0 Å². The molecule has 118 valence electrons. The maximum atomic E-state index is 11.4. The topological polar surface area (TPSA) is 26.3 Å². The van der Waals surface area contributed by atoms with Crippen LogP contribution in [0.2, 0.25) is 0 Å². The predicted octanol–water partition coefficient (Wildman–Crippen LogP) is 5.81. The zero-order chi connectivity index (χ0) is 15.1. The first-order chi connectivity index (χ1) is 9.72. The van der Waals surface area contributed by atoms with Crippen molar-refractivity contribution in [2.75, 3.05) is 6.61 Å². The molecule has 0 aromatic carbocycles. The van der Waals surface area contributed by atoms with Gasteiger partial charge in [-0.15, -0.1) is 0 Å². The molecule has 0 N–H and O–H groups in total. The largest absolute Gasteiger partial charge is 0.462 e. The minimum atomic E-state index is -0.167. The number of rotatable bonds is 13. The molecule has 0 unspecified atom stereocenters. The van der Waals surface area contributed by atoms with E-state index in [2.05, 4.69) is 6.92 Å². The number of carbonyl (C=O) groups is 1. The number of allylic oxidation sites excluding steroid dienone is 1. The van der Waals surface area contributed by atoms with Gasteiger partial charge in [0, 0.05) is 5.57 Å². The van der Waals surface area contributed by atoms with Crippen molar-refractivity contribution in [3.8, 4) is 0 Å². The van der Waals surface area contributed by atoms with Crippen LogP contribution in [0.1, 0.15) is 91.4 Å². The predicted molar refractivity (Wildman–Crippen MR) is 86.9 cm³/mol. The first-order valence-corrected chi connectivity index (χ1v) is 8.52. The van der Waals surface area contributed by atoms with Crippen LogP contribution < -0.4 is 0 Å². The summed E-state index contributed by atoms with van der Waals surface area (Å²) in [5.41, 5.74) is 0.702. The van der Waals surface area contributed by atoms with E-state index in [1.807, 2.05) is 6.92 Å². The van der Waals surface area contributed by atoms with Gasteiger partial charge in [-0.3, -0.25) is 0 Å².